The van der Waals surface area contributed by atoms with Crippen LogP contribution in [0.25, 0.3) is 10.9 Å². The molecule has 0 spiro atoms. The molecule has 1 atom stereocenters. The SMILES string of the molecule is CCOc1ccc([C@@H]2c3[nH]c4ccccc4c3CCN2C(=O)c2ccc(Cl)cc2Cl)cc1. The maximum absolute atomic E-state index is 13.7. The molecule has 32 heavy (non-hydrogen) atoms. The molecule has 1 amide bonds. The molecule has 0 radical (unpaired) electrons. The summed E-state index contributed by atoms with van der Waals surface area (Å²) < 4.78 is 5.62. The van der Waals surface area contributed by atoms with Gasteiger partial charge in [0.15, 0.2) is 0 Å². The van der Waals surface area contributed by atoms with Gasteiger partial charge in [0.2, 0.25) is 0 Å². The van der Waals surface area contributed by atoms with E-state index >= 15 is 0 Å². The van der Waals surface area contributed by atoms with Crippen LogP contribution in [0.5, 0.6) is 5.75 Å². The van der Waals surface area contributed by atoms with Crippen molar-refractivity contribution in [2.24, 2.45) is 0 Å². The van der Waals surface area contributed by atoms with Crippen LogP contribution in [0.2, 0.25) is 10.0 Å². The van der Waals surface area contributed by atoms with Gasteiger partial charge >= 0.3 is 0 Å². The molecule has 4 aromatic rings. The molecule has 0 bridgehead atoms. The van der Waals surface area contributed by atoms with Gasteiger partial charge in [0.1, 0.15) is 5.75 Å². The first-order chi connectivity index (χ1) is 15.6. The molecule has 1 aliphatic heterocycles. The number of rotatable bonds is 4. The number of carbonyl (C=O) groups excluding carboxylic acids is 1. The van der Waals surface area contributed by atoms with Gasteiger partial charge < -0.3 is 14.6 Å². The highest BCUT2D eigenvalue weighted by atomic mass is 35.5. The molecule has 2 heterocycles. The Morgan fingerprint density at radius 2 is 1.88 bits per heavy atom. The fourth-order valence-electron chi connectivity index (χ4n) is 4.54. The topological polar surface area (TPSA) is 45.3 Å². The maximum Gasteiger partial charge on any atom is 0.256 e. The normalized spacial score (nSPS) is 15.6. The Balaban J connectivity index is 1.63. The van der Waals surface area contributed by atoms with E-state index in [9.17, 15) is 4.79 Å². The van der Waals surface area contributed by atoms with Crippen LogP contribution in [0, 0.1) is 0 Å². The van der Waals surface area contributed by atoms with Crippen molar-refractivity contribution in [1.82, 2.24) is 9.88 Å². The second-order valence-corrected chi connectivity index (χ2v) is 8.68. The predicted octanol–water partition coefficient (Wildman–Crippen LogP) is 6.66. The van der Waals surface area contributed by atoms with Crippen molar-refractivity contribution in [3.8, 4) is 5.75 Å². The van der Waals surface area contributed by atoms with E-state index < -0.39 is 0 Å². The summed E-state index contributed by atoms with van der Waals surface area (Å²) in [6.07, 6.45) is 0.768. The molecule has 1 N–H and O–H groups in total. The number of nitrogens with zero attached hydrogens (tertiary/aromatic N) is 1. The number of halogens is 2. The molecule has 0 saturated heterocycles. The van der Waals surface area contributed by atoms with E-state index in [0.717, 1.165) is 28.9 Å². The van der Waals surface area contributed by atoms with E-state index in [1.54, 1.807) is 18.2 Å². The van der Waals surface area contributed by atoms with Gasteiger partial charge in [-0.3, -0.25) is 4.79 Å². The van der Waals surface area contributed by atoms with Crippen LogP contribution in [-0.2, 0) is 6.42 Å². The fraction of sp³-hybridized carbons (Fsp3) is 0.192. The number of benzene rings is 3. The second-order valence-electron chi connectivity index (χ2n) is 7.84. The summed E-state index contributed by atoms with van der Waals surface area (Å²) in [5, 5.41) is 2.07. The van der Waals surface area contributed by atoms with Crippen LogP contribution >= 0.6 is 23.2 Å². The van der Waals surface area contributed by atoms with Gasteiger partial charge in [-0.05, 0) is 60.9 Å². The van der Waals surface area contributed by atoms with Crippen LogP contribution in [0.15, 0.2) is 66.7 Å². The molecule has 3 aromatic carbocycles. The number of ether oxygens (including phenoxy) is 1. The molecule has 1 aliphatic rings. The molecule has 0 unspecified atom stereocenters. The first-order valence-electron chi connectivity index (χ1n) is 10.6. The maximum atomic E-state index is 13.7. The minimum atomic E-state index is -0.263. The Kier molecular flexibility index (Phi) is 5.58. The summed E-state index contributed by atoms with van der Waals surface area (Å²) in [7, 11) is 0. The Labute approximate surface area is 196 Å². The lowest BCUT2D eigenvalue weighted by Crippen LogP contribution is -2.40. The van der Waals surface area contributed by atoms with Crippen molar-refractivity contribution in [3.05, 3.63) is 99.2 Å². The van der Waals surface area contributed by atoms with Gasteiger partial charge in [-0.15, -0.1) is 0 Å². The number of fused-ring (bicyclic) bond motifs is 3. The number of aromatic amines is 1. The number of amides is 1. The summed E-state index contributed by atoms with van der Waals surface area (Å²) in [4.78, 5) is 19.1. The monoisotopic (exact) mass is 464 g/mol. The van der Waals surface area contributed by atoms with E-state index in [4.69, 9.17) is 27.9 Å². The largest absolute Gasteiger partial charge is 0.494 e. The number of hydrogen-bond donors (Lipinski definition) is 1. The molecule has 6 heteroatoms. The molecule has 4 nitrogen and oxygen atoms in total. The molecule has 0 aliphatic carbocycles. The molecule has 0 saturated carbocycles. The number of carbonyl (C=O) groups is 1. The Hall–Kier alpha value is -2.95. The lowest BCUT2D eigenvalue weighted by molar-refractivity contribution is 0.0692. The van der Waals surface area contributed by atoms with E-state index in [1.165, 1.54) is 10.9 Å². The van der Waals surface area contributed by atoms with Crippen molar-refractivity contribution >= 4 is 40.0 Å². The summed E-state index contributed by atoms with van der Waals surface area (Å²) in [6, 6.07) is 21.0. The first kappa shape index (κ1) is 20.9. The van der Waals surface area contributed by atoms with Crippen LogP contribution in [-0.4, -0.2) is 28.9 Å². The van der Waals surface area contributed by atoms with Gasteiger partial charge in [-0.1, -0.05) is 53.5 Å². The van der Waals surface area contributed by atoms with E-state index in [-0.39, 0.29) is 11.9 Å². The Morgan fingerprint density at radius 1 is 1.09 bits per heavy atom. The highest BCUT2D eigenvalue weighted by molar-refractivity contribution is 6.36. The zero-order valence-electron chi connectivity index (χ0n) is 17.6. The number of aromatic nitrogens is 1. The minimum absolute atomic E-state index is 0.116. The average molecular weight is 465 g/mol. The molecule has 162 valence electrons. The van der Waals surface area contributed by atoms with Crippen molar-refractivity contribution < 1.29 is 9.53 Å². The molecule has 0 fully saturated rings. The third-order valence-corrected chi connectivity index (χ3v) is 6.51. The van der Waals surface area contributed by atoms with Crippen molar-refractivity contribution in [2.75, 3.05) is 13.2 Å². The van der Waals surface area contributed by atoms with Gasteiger partial charge in [-0.2, -0.15) is 0 Å². The standard InChI is InChI=1S/C26H22Cl2N2O2/c1-2-32-18-10-7-16(8-11-18)25-24-20(19-5-3-4-6-23(19)29-24)13-14-30(25)26(31)21-12-9-17(27)15-22(21)28/h3-12,15,25,29H,2,13-14H2,1H3/t25-/m1/s1. The van der Waals surface area contributed by atoms with Gasteiger partial charge in [0.05, 0.1) is 23.2 Å². The molecule has 1 aromatic heterocycles. The van der Waals surface area contributed by atoms with Crippen molar-refractivity contribution in [1.29, 1.82) is 0 Å². The van der Waals surface area contributed by atoms with E-state index in [0.29, 0.717) is 28.8 Å². The number of H-pyrrole nitrogens is 1. The number of nitrogens with one attached hydrogen (secondary N) is 1. The summed E-state index contributed by atoms with van der Waals surface area (Å²) in [5.74, 6) is 0.692. The predicted molar refractivity (Wildman–Crippen MR) is 129 cm³/mol. The summed E-state index contributed by atoms with van der Waals surface area (Å²) >= 11 is 12.5. The molecule has 5 rings (SSSR count). The quantitative estimate of drug-likeness (QED) is 0.366. The lowest BCUT2D eigenvalue weighted by Gasteiger charge is -2.36. The van der Waals surface area contributed by atoms with Gasteiger partial charge in [0, 0.05) is 28.2 Å². The zero-order chi connectivity index (χ0) is 22.2. The summed E-state index contributed by atoms with van der Waals surface area (Å²) in [5.41, 5.74) is 4.84. The van der Waals surface area contributed by atoms with Gasteiger partial charge in [0.25, 0.3) is 5.91 Å². The highest BCUT2D eigenvalue weighted by Crippen LogP contribution is 2.40. The van der Waals surface area contributed by atoms with Crippen LogP contribution in [0.3, 0.4) is 0 Å². The van der Waals surface area contributed by atoms with Crippen molar-refractivity contribution in [2.45, 2.75) is 19.4 Å². The molecular formula is C26H22Cl2N2O2. The summed E-state index contributed by atoms with van der Waals surface area (Å²) in [6.45, 7) is 3.15. The fourth-order valence-corrected chi connectivity index (χ4v) is 5.03. The lowest BCUT2D eigenvalue weighted by atomic mass is 9.91. The third-order valence-electron chi connectivity index (χ3n) is 5.96. The van der Waals surface area contributed by atoms with Crippen LogP contribution < -0.4 is 4.74 Å². The zero-order valence-corrected chi connectivity index (χ0v) is 19.1. The van der Waals surface area contributed by atoms with Crippen LogP contribution in [0.1, 0.15) is 40.1 Å². The number of hydrogen-bond acceptors (Lipinski definition) is 2. The Morgan fingerprint density at radius 3 is 2.62 bits per heavy atom. The Bertz CT molecular complexity index is 1300. The minimum Gasteiger partial charge on any atom is -0.494 e. The average Bonchev–Trinajstić information content (AvgIpc) is 3.18. The number of para-hydroxylation sites is 1. The highest BCUT2D eigenvalue weighted by Gasteiger charge is 2.35. The second kappa shape index (κ2) is 8.53. The van der Waals surface area contributed by atoms with E-state index in [1.807, 2.05) is 48.2 Å². The van der Waals surface area contributed by atoms with E-state index in [2.05, 4.69) is 17.1 Å². The third kappa shape index (κ3) is 3.64. The molecular weight excluding hydrogens is 443 g/mol. The van der Waals surface area contributed by atoms with Gasteiger partial charge in [-0.25, -0.2) is 0 Å². The first-order valence-corrected chi connectivity index (χ1v) is 11.4. The van der Waals surface area contributed by atoms with Crippen LogP contribution in [0.4, 0.5) is 0 Å². The smallest absolute Gasteiger partial charge is 0.256 e. The van der Waals surface area contributed by atoms with Crippen molar-refractivity contribution in [3.63, 3.8) is 0 Å².